The summed E-state index contributed by atoms with van der Waals surface area (Å²) in [5.41, 5.74) is 0. The number of carbonyl (C=O) groups is 1. The van der Waals surface area contributed by atoms with Crippen molar-refractivity contribution < 1.29 is 18.1 Å². The lowest BCUT2D eigenvalue weighted by molar-refractivity contribution is -0.497. The number of hydrogen-bond donors (Lipinski definition) is 0. The van der Waals surface area contributed by atoms with Gasteiger partial charge in [0.15, 0.2) is 0 Å². The van der Waals surface area contributed by atoms with Gasteiger partial charge in [0.25, 0.3) is 0 Å². The van der Waals surface area contributed by atoms with E-state index >= 15 is 0 Å². The van der Waals surface area contributed by atoms with Gasteiger partial charge in [0.05, 0.1) is 10.0 Å². The summed E-state index contributed by atoms with van der Waals surface area (Å²) in [6, 6.07) is 3.58. The van der Waals surface area contributed by atoms with Crippen molar-refractivity contribution in [2.45, 2.75) is 17.4 Å². The van der Waals surface area contributed by atoms with E-state index in [-0.39, 0.29) is 53.4 Å². The number of rotatable bonds is 4. The molecule has 1 amide bonds. The highest BCUT2D eigenvalue weighted by Gasteiger charge is 2.54. The summed E-state index contributed by atoms with van der Waals surface area (Å²) in [5, 5.41) is 10.8. The average molecular weight is 408 g/mol. The highest BCUT2D eigenvalue weighted by atomic mass is 35.5. The summed E-state index contributed by atoms with van der Waals surface area (Å²) in [7, 11) is -3.82. The van der Waals surface area contributed by atoms with Crippen LogP contribution in [0.4, 0.5) is 0 Å². The highest BCUT2D eigenvalue weighted by Crippen LogP contribution is 2.35. The summed E-state index contributed by atoms with van der Waals surface area (Å²) in [6.07, 6.45) is 0.252. The van der Waals surface area contributed by atoms with E-state index in [9.17, 15) is 23.3 Å². The molecule has 1 saturated heterocycles. The van der Waals surface area contributed by atoms with Gasteiger partial charge in [0.1, 0.15) is 10.8 Å². The molecule has 2 fully saturated rings. The van der Waals surface area contributed by atoms with Crippen molar-refractivity contribution in [3.05, 3.63) is 38.4 Å². The van der Waals surface area contributed by atoms with Crippen LogP contribution in [0.25, 0.3) is 0 Å². The van der Waals surface area contributed by atoms with Crippen molar-refractivity contribution in [2.75, 3.05) is 26.2 Å². The van der Waals surface area contributed by atoms with E-state index in [0.29, 0.717) is 0 Å². The van der Waals surface area contributed by atoms with Gasteiger partial charge in [-0.05, 0) is 12.1 Å². The maximum atomic E-state index is 12.7. The molecular weight excluding hydrogens is 393 g/mol. The first kappa shape index (κ1) is 18.4. The van der Waals surface area contributed by atoms with Crippen LogP contribution in [0.15, 0.2) is 23.1 Å². The predicted molar refractivity (Wildman–Crippen MR) is 90.7 cm³/mol. The molecule has 1 aromatic rings. The number of halogens is 2. The Kier molecular flexibility index (Phi) is 4.93. The maximum Gasteiger partial charge on any atom is 0.244 e. The SMILES string of the molecule is O=C(C1CC1[N+](=O)[O-])N1CCN(S(=O)(=O)c2cccc(Cl)c2Cl)CC1. The molecule has 0 N–H and O–H groups in total. The minimum Gasteiger partial charge on any atom is -0.340 e. The van der Waals surface area contributed by atoms with E-state index in [1.165, 1.54) is 27.4 Å². The van der Waals surface area contributed by atoms with E-state index in [4.69, 9.17) is 23.2 Å². The minimum atomic E-state index is -3.82. The number of hydrogen-bond acceptors (Lipinski definition) is 5. The minimum absolute atomic E-state index is 0.0329. The molecule has 2 unspecified atom stereocenters. The fraction of sp³-hybridized carbons (Fsp3) is 0.500. The van der Waals surface area contributed by atoms with Gasteiger partial charge >= 0.3 is 0 Å². The van der Waals surface area contributed by atoms with E-state index in [0.717, 1.165) is 0 Å². The number of benzene rings is 1. The maximum absolute atomic E-state index is 12.7. The Labute approximate surface area is 154 Å². The van der Waals surface area contributed by atoms with Crippen LogP contribution in [0.5, 0.6) is 0 Å². The Morgan fingerprint density at radius 2 is 1.84 bits per heavy atom. The number of sulfonamides is 1. The number of nitrogens with zero attached hydrogens (tertiary/aromatic N) is 3. The Morgan fingerprint density at radius 3 is 2.40 bits per heavy atom. The number of nitro groups is 1. The first-order chi connectivity index (χ1) is 11.7. The smallest absolute Gasteiger partial charge is 0.244 e. The van der Waals surface area contributed by atoms with Gasteiger partial charge in [0.2, 0.25) is 22.0 Å². The second-order valence-corrected chi connectivity index (χ2v) is 8.67. The molecule has 2 atom stereocenters. The van der Waals surface area contributed by atoms with Crippen molar-refractivity contribution in [3.63, 3.8) is 0 Å². The van der Waals surface area contributed by atoms with Crippen LogP contribution in [-0.2, 0) is 14.8 Å². The third-order valence-corrected chi connectivity index (χ3v) is 7.30. The quantitative estimate of drug-likeness (QED) is 0.555. The van der Waals surface area contributed by atoms with E-state index in [1.54, 1.807) is 0 Å². The van der Waals surface area contributed by atoms with Crippen LogP contribution in [-0.4, -0.2) is 60.7 Å². The lowest BCUT2D eigenvalue weighted by Gasteiger charge is -2.34. The lowest BCUT2D eigenvalue weighted by atomic mass is 10.3. The molecule has 1 saturated carbocycles. The van der Waals surface area contributed by atoms with Crippen LogP contribution >= 0.6 is 23.2 Å². The standard InChI is InChI=1S/C14H15Cl2N3O5S/c15-10-2-1-3-12(13(10)16)25(23,24)18-6-4-17(5-7-18)14(20)9-8-11(9)19(21)22/h1-3,9,11H,4-8H2. The molecule has 1 aliphatic carbocycles. The molecule has 0 spiro atoms. The second-order valence-electron chi connectivity index (χ2n) is 5.98. The first-order valence-corrected chi connectivity index (χ1v) is 9.79. The van der Waals surface area contributed by atoms with Crippen LogP contribution < -0.4 is 0 Å². The summed E-state index contributed by atoms with van der Waals surface area (Å²) in [4.78, 5) is 23.9. The number of piperazine rings is 1. The molecule has 3 rings (SSSR count). The topological polar surface area (TPSA) is 101 Å². The van der Waals surface area contributed by atoms with Crippen LogP contribution in [0.2, 0.25) is 10.0 Å². The molecule has 25 heavy (non-hydrogen) atoms. The normalized spacial score (nSPS) is 24.2. The summed E-state index contributed by atoms with van der Waals surface area (Å²) in [5.74, 6) is -0.861. The molecule has 8 nitrogen and oxygen atoms in total. The molecule has 1 heterocycles. The van der Waals surface area contributed by atoms with Crippen molar-refractivity contribution >= 4 is 39.1 Å². The van der Waals surface area contributed by atoms with Gasteiger partial charge in [0, 0.05) is 37.5 Å². The zero-order chi connectivity index (χ0) is 18.4. The Bertz CT molecular complexity index is 824. The van der Waals surface area contributed by atoms with Gasteiger partial charge in [-0.1, -0.05) is 29.3 Å². The molecule has 0 aromatic heterocycles. The van der Waals surface area contributed by atoms with Crippen molar-refractivity contribution in [2.24, 2.45) is 5.92 Å². The molecule has 0 bridgehead atoms. The first-order valence-electron chi connectivity index (χ1n) is 7.60. The van der Waals surface area contributed by atoms with Gasteiger partial charge in [-0.2, -0.15) is 4.31 Å². The van der Waals surface area contributed by atoms with E-state index < -0.39 is 26.9 Å². The Hall–Kier alpha value is -1.42. The van der Waals surface area contributed by atoms with E-state index in [2.05, 4.69) is 0 Å². The van der Waals surface area contributed by atoms with Crippen LogP contribution in [0.1, 0.15) is 6.42 Å². The molecule has 1 aromatic carbocycles. The van der Waals surface area contributed by atoms with Crippen molar-refractivity contribution in [1.82, 2.24) is 9.21 Å². The average Bonchev–Trinajstić information content (AvgIpc) is 3.37. The molecular formula is C14H15Cl2N3O5S. The van der Waals surface area contributed by atoms with Gasteiger partial charge < -0.3 is 4.90 Å². The summed E-state index contributed by atoms with van der Waals surface area (Å²) in [6.45, 7) is 0.591. The third-order valence-electron chi connectivity index (χ3n) is 4.43. The monoisotopic (exact) mass is 407 g/mol. The number of carbonyl (C=O) groups excluding carboxylic acids is 1. The van der Waals surface area contributed by atoms with Crippen LogP contribution in [0.3, 0.4) is 0 Å². The molecule has 2 aliphatic rings. The van der Waals surface area contributed by atoms with Gasteiger partial charge in [-0.3, -0.25) is 14.9 Å². The Balaban J connectivity index is 1.67. The fourth-order valence-corrected chi connectivity index (χ4v) is 5.04. The van der Waals surface area contributed by atoms with Gasteiger partial charge in [-0.15, -0.1) is 0 Å². The van der Waals surface area contributed by atoms with Crippen molar-refractivity contribution in [1.29, 1.82) is 0 Å². The Morgan fingerprint density at radius 1 is 1.20 bits per heavy atom. The summed E-state index contributed by atoms with van der Waals surface area (Å²) < 4.78 is 26.7. The van der Waals surface area contributed by atoms with Crippen LogP contribution in [0, 0.1) is 16.0 Å². The zero-order valence-corrected chi connectivity index (χ0v) is 15.3. The molecule has 1 aliphatic heterocycles. The van der Waals surface area contributed by atoms with Crippen molar-refractivity contribution in [3.8, 4) is 0 Å². The largest absolute Gasteiger partial charge is 0.340 e. The summed E-state index contributed by atoms with van der Waals surface area (Å²) >= 11 is 11.9. The fourth-order valence-electron chi connectivity index (χ4n) is 2.89. The third kappa shape index (κ3) is 3.46. The number of amides is 1. The van der Waals surface area contributed by atoms with E-state index in [1.807, 2.05) is 0 Å². The molecule has 136 valence electrons. The lowest BCUT2D eigenvalue weighted by Crippen LogP contribution is -2.51. The zero-order valence-electron chi connectivity index (χ0n) is 13.0. The highest BCUT2D eigenvalue weighted by molar-refractivity contribution is 7.89. The molecule has 11 heteroatoms. The van der Waals surface area contributed by atoms with Gasteiger partial charge in [-0.25, -0.2) is 8.42 Å². The second kappa shape index (κ2) is 6.71. The molecule has 0 radical (unpaired) electrons. The predicted octanol–water partition coefficient (Wildman–Crippen LogP) is 1.49.